The van der Waals surface area contributed by atoms with Gasteiger partial charge in [-0.15, -0.1) is 0 Å². The van der Waals surface area contributed by atoms with Crippen LogP contribution in [-0.2, 0) is 14.3 Å². The molecule has 0 aromatic carbocycles. The number of carbonyl (C=O) groups excluding carboxylic acids is 3. The van der Waals surface area contributed by atoms with Gasteiger partial charge in [0.2, 0.25) is 5.91 Å². The number of likely N-dealkylation sites (tertiary alicyclic amines) is 1. The Hall–Kier alpha value is -1.67. The lowest BCUT2D eigenvalue weighted by Gasteiger charge is -2.38. The number of rotatable bonds is 3. The molecule has 2 heterocycles. The summed E-state index contributed by atoms with van der Waals surface area (Å²) < 4.78 is 4.85. The Kier molecular flexibility index (Phi) is 3.72. The molecule has 0 aromatic heterocycles. The van der Waals surface area contributed by atoms with Gasteiger partial charge < -0.3 is 20.7 Å². The molecule has 0 aliphatic carbocycles. The molecule has 0 radical (unpaired) electrons. The van der Waals surface area contributed by atoms with Crippen LogP contribution in [0.15, 0.2) is 0 Å². The van der Waals surface area contributed by atoms with Crippen LogP contribution in [-0.4, -0.2) is 61.1 Å². The zero-order valence-electron chi connectivity index (χ0n) is 10.8. The standard InChI is InChI=1S/C11H18N4O4/c1-19-5-7(12)8(16)15-4-2-3-11(6-15)9(17)13-10(18)14-11/h7H,2-6,12H2,1H3,(H2,13,14,17,18). The van der Waals surface area contributed by atoms with E-state index in [9.17, 15) is 14.4 Å². The first-order chi connectivity index (χ1) is 8.98. The molecule has 2 aliphatic heterocycles. The highest BCUT2D eigenvalue weighted by molar-refractivity contribution is 6.07. The quantitative estimate of drug-likeness (QED) is 0.521. The van der Waals surface area contributed by atoms with Gasteiger partial charge in [-0.2, -0.15) is 0 Å². The summed E-state index contributed by atoms with van der Waals surface area (Å²) in [6.07, 6.45) is 1.16. The number of piperidine rings is 1. The highest BCUT2D eigenvalue weighted by Crippen LogP contribution is 2.24. The normalized spacial score (nSPS) is 28.2. The first-order valence-corrected chi connectivity index (χ1v) is 6.15. The van der Waals surface area contributed by atoms with E-state index in [0.29, 0.717) is 19.4 Å². The second-order valence-corrected chi connectivity index (χ2v) is 4.92. The van der Waals surface area contributed by atoms with Crippen molar-refractivity contribution in [2.24, 2.45) is 5.73 Å². The first-order valence-electron chi connectivity index (χ1n) is 6.15. The molecule has 2 aliphatic rings. The largest absolute Gasteiger partial charge is 0.383 e. The Labute approximate surface area is 110 Å². The van der Waals surface area contributed by atoms with Crippen molar-refractivity contribution in [2.75, 3.05) is 26.8 Å². The molecule has 2 rings (SSSR count). The van der Waals surface area contributed by atoms with Gasteiger partial charge in [-0.05, 0) is 12.8 Å². The van der Waals surface area contributed by atoms with E-state index in [0.717, 1.165) is 0 Å². The zero-order valence-corrected chi connectivity index (χ0v) is 10.8. The minimum Gasteiger partial charge on any atom is -0.383 e. The fraction of sp³-hybridized carbons (Fsp3) is 0.727. The minimum absolute atomic E-state index is 0.126. The van der Waals surface area contributed by atoms with Crippen LogP contribution in [0.3, 0.4) is 0 Å². The summed E-state index contributed by atoms with van der Waals surface area (Å²) in [4.78, 5) is 36.7. The predicted molar refractivity (Wildman–Crippen MR) is 65.1 cm³/mol. The van der Waals surface area contributed by atoms with E-state index < -0.39 is 17.6 Å². The molecule has 0 bridgehead atoms. The smallest absolute Gasteiger partial charge is 0.322 e. The van der Waals surface area contributed by atoms with Crippen molar-refractivity contribution in [3.8, 4) is 0 Å². The summed E-state index contributed by atoms with van der Waals surface area (Å²) in [5.74, 6) is -0.648. The number of imide groups is 1. The Morgan fingerprint density at radius 1 is 1.58 bits per heavy atom. The average molecular weight is 270 g/mol. The van der Waals surface area contributed by atoms with Crippen molar-refractivity contribution >= 4 is 17.8 Å². The van der Waals surface area contributed by atoms with Gasteiger partial charge in [0.1, 0.15) is 11.6 Å². The summed E-state index contributed by atoms with van der Waals surface area (Å²) in [7, 11) is 1.47. The highest BCUT2D eigenvalue weighted by atomic mass is 16.5. The molecule has 1 spiro atoms. The van der Waals surface area contributed by atoms with Gasteiger partial charge in [-0.1, -0.05) is 0 Å². The lowest BCUT2D eigenvalue weighted by molar-refractivity contribution is -0.138. The first kappa shape index (κ1) is 13.8. The minimum atomic E-state index is -1.00. The topological polar surface area (TPSA) is 114 Å². The van der Waals surface area contributed by atoms with Crippen molar-refractivity contribution in [3.63, 3.8) is 0 Å². The fourth-order valence-corrected chi connectivity index (χ4v) is 2.54. The molecule has 4 N–H and O–H groups in total. The van der Waals surface area contributed by atoms with Crippen LogP contribution >= 0.6 is 0 Å². The van der Waals surface area contributed by atoms with E-state index in [1.165, 1.54) is 12.0 Å². The summed E-state index contributed by atoms with van der Waals surface area (Å²) in [6.45, 7) is 0.808. The lowest BCUT2D eigenvalue weighted by Crippen LogP contribution is -2.61. The van der Waals surface area contributed by atoms with E-state index >= 15 is 0 Å². The van der Waals surface area contributed by atoms with Crippen molar-refractivity contribution in [1.29, 1.82) is 0 Å². The summed E-state index contributed by atoms with van der Waals surface area (Å²) in [6, 6.07) is -1.26. The van der Waals surface area contributed by atoms with Crippen LogP contribution in [0.1, 0.15) is 12.8 Å². The second kappa shape index (κ2) is 5.14. The second-order valence-electron chi connectivity index (χ2n) is 4.92. The Morgan fingerprint density at radius 2 is 2.32 bits per heavy atom. The number of hydrogen-bond donors (Lipinski definition) is 3. The van der Waals surface area contributed by atoms with Gasteiger partial charge in [0.15, 0.2) is 0 Å². The molecule has 19 heavy (non-hydrogen) atoms. The average Bonchev–Trinajstić information content (AvgIpc) is 2.63. The third-order valence-electron chi connectivity index (χ3n) is 3.48. The Balaban J connectivity index is 2.07. The Bertz CT molecular complexity index is 413. The maximum atomic E-state index is 12.1. The highest BCUT2D eigenvalue weighted by Gasteiger charge is 2.49. The molecule has 2 fully saturated rings. The number of nitrogens with one attached hydrogen (secondary N) is 2. The van der Waals surface area contributed by atoms with E-state index in [1.54, 1.807) is 0 Å². The molecular formula is C11H18N4O4. The molecule has 2 saturated heterocycles. The number of ether oxygens (including phenoxy) is 1. The van der Waals surface area contributed by atoms with Crippen LogP contribution in [0.5, 0.6) is 0 Å². The van der Waals surface area contributed by atoms with Gasteiger partial charge in [0.05, 0.1) is 13.2 Å². The predicted octanol–water partition coefficient (Wildman–Crippen LogP) is -1.84. The number of urea groups is 1. The van der Waals surface area contributed by atoms with Crippen LogP contribution in [0.4, 0.5) is 4.79 Å². The van der Waals surface area contributed by atoms with Crippen LogP contribution in [0.25, 0.3) is 0 Å². The number of hydrogen-bond acceptors (Lipinski definition) is 5. The van der Waals surface area contributed by atoms with Crippen LogP contribution in [0.2, 0.25) is 0 Å². The number of nitrogens with zero attached hydrogens (tertiary/aromatic N) is 1. The van der Waals surface area contributed by atoms with Crippen LogP contribution in [0, 0.1) is 0 Å². The zero-order chi connectivity index (χ0) is 14.0. The number of nitrogens with two attached hydrogens (primary N) is 1. The monoisotopic (exact) mass is 270 g/mol. The molecule has 8 heteroatoms. The van der Waals surface area contributed by atoms with Gasteiger partial charge >= 0.3 is 6.03 Å². The molecule has 4 amide bonds. The molecular weight excluding hydrogens is 252 g/mol. The maximum Gasteiger partial charge on any atom is 0.322 e. The molecule has 0 aromatic rings. The number of methoxy groups -OCH3 is 1. The van der Waals surface area contributed by atoms with Crippen molar-refractivity contribution in [1.82, 2.24) is 15.5 Å². The van der Waals surface area contributed by atoms with Crippen molar-refractivity contribution < 1.29 is 19.1 Å². The molecule has 2 unspecified atom stereocenters. The molecule has 2 atom stereocenters. The molecule has 0 saturated carbocycles. The van der Waals surface area contributed by atoms with Crippen molar-refractivity contribution in [2.45, 2.75) is 24.4 Å². The SMILES string of the molecule is COCC(N)C(=O)N1CCCC2(C1)NC(=O)NC2=O. The van der Waals surface area contributed by atoms with E-state index in [2.05, 4.69) is 10.6 Å². The maximum absolute atomic E-state index is 12.1. The molecule has 8 nitrogen and oxygen atoms in total. The summed E-state index contributed by atoms with van der Waals surface area (Å²) in [5.41, 5.74) is 4.70. The third-order valence-corrected chi connectivity index (χ3v) is 3.48. The fourth-order valence-electron chi connectivity index (χ4n) is 2.54. The van der Waals surface area contributed by atoms with E-state index in [1.807, 2.05) is 0 Å². The number of amides is 4. The van der Waals surface area contributed by atoms with Gasteiger partial charge in [0.25, 0.3) is 5.91 Å². The third kappa shape index (κ3) is 2.54. The van der Waals surface area contributed by atoms with Crippen molar-refractivity contribution in [3.05, 3.63) is 0 Å². The van der Waals surface area contributed by atoms with Gasteiger partial charge in [-0.3, -0.25) is 14.9 Å². The number of carbonyl (C=O) groups is 3. The van der Waals surface area contributed by atoms with Crippen LogP contribution < -0.4 is 16.4 Å². The van der Waals surface area contributed by atoms with Gasteiger partial charge in [-0.25, -0.2) is 4.79 Å². The Morgan fingerprint density at radius 3 is 2.89 bits per heavy atom. The van der Waals surface area contributed by atoms with E-state index in [4.69, 9.17) is 10.5 Å². The lowest BCUT2D eigenvalue weighted by atomic mass is 9.89. The van der Waals surface area contributed by atoms with E-state index in [-0.39, 0.29) is 25.0 Å². The summed E-state index contributed by atoms with van der Waals surface area (Å²) >= 11 is 0. The summed E-state index contributed by atoms with van der Waals surface area (Å²) in [5, 5.41) is 4.82. The van der Waals surface area contributed by atoms with Gasteiger partial charge in [0, 0.05) is 13.7 Å². The molecule has 106 valence electrons.